The van der Waals surface area contributed by atoms with Gasteiger partial charge in [0.05, 0.1) is 6.61 Å². The Morgan fingerprint density at radius 1 is 0.359 bits per heavy atom. The third-order valence-corrected chi connectivity index (χ3v) is 11.7. The molecular weight excluding hydrogens is 789 g/mol. The van der Waals surface area contributed by atoms with Gasteiger partial charge in [0.25, 0.3) is 0 Å². The maximum Gasteiger partial charge on any atom is 0.306 e. The molecule has 1 atom stereocenters. The smallest absolute Gasteiger partial charge is 0.306 e. The summed E-state index contributed by atoms with van der Waals surface area (Å²) in [5.41, 5.74) is 0. The summed E-state index contributed by atoms with van der Waals surface area (Å²) in [4.78, 5) is 25.4. The summed E-state index contributed by atoms with van der Waals surface area (Å²) in [6.07, 6.45) is 70.8. The number of ether oxygens (including phenoxy) is 3. The van der Waals surface area contributed by atoms with Gasteiger partial charge in [-0.1, -0.05) is 229 Å². The Bertz CT molecular complexity index is 1150. The van der Waals surface area contributed by atoms with Gasteiger partial charge in [0.2, 0.25) is 0 Å². The summed E-state index contributed by atoms with van der Waals surface area (Å²) in [6.45, 7) is 7.64. The lowest BCUT2D eigenvalue weighted by Crippen LogP contribution is -2.30. The molecule has 1 unspecified atom stereocenters. The Balaban J connectivity index is 4.30. The first-order valence-corrected chi connectivity index (χ1v) is 27.5. The molecule has 64 heavy (non-hydrogen) atoms. The van der Waals surface area contributed by atoms with Gasteiger partial charge < -0.3 is 14.2 Å². The highest BCUT2D eigenvalue weighted by atomic mass is 16.6. The second-order valence-corrected chi connectivity index (χ2v) is 18.1. The van der Waals surface area contributed by atoms with Gasteiger partial charge in [-0.15, -0.1) is 0 Å². The molecule has 0 aromatic rings. The van der Waals surface area contributed by atoms with Gasteiger partial charge in [-0.25, -0.2) is 0 Å². The van der Waals surface area contributed by atoms with Gasteiger partial charge >= 0.3 is 11.9 Å². The Hall–Kier alpha value is -2.66. The number of rotatable bonds is 50. The number of esters is 2. The van der Waals surface area contributed by atoms with Gasteiger partial charge in [0.1, 0.15) is 6.61 Å². The topological polar surface area (TPSA) is 61.8 Å². The van der Waals surface area contributed by atoms with Crippen molar-refractivity contribution in [3.63, 3.8) is 0 Å². The minimum Gasteiger partial charge on any atom is -0.462 e. The fraction of sp³-hybridized carbons (Fsp3) is 0.763. The minimum absolute atomic E-state index is 0.0512. The molecule has 0 fully saturated rings. The molecule has 0 aliphatic carbocycles. The quantitative estimate of drug-likeness (QED) is 0.0346. The summed E-state index contributed by atoms with van der Waals surface area (Å²) in [6, 6.07) is 0. The van der Waals surface area contributed by atoms with E-state index in [-0.39, 0.29) is 25.2 Å². The number of allylic oxidation sites excluding steroid dienone is 12. The normalized spacial score (nSPS) is 12.7. The summed E-state index contributed by atoms with van der Waals surface area (Å²) in [5.74, 6) is -0.496. The summed E-state index contributed by atoms with van der Waals surface area (Å²) >= 11 is 0. The lowest BCUT2D eigenvalue weighted by Gasteiger charge is -2.18. The van der Waals surface area contributed by atoms with Crippen LogP contribution in [0.4, 0.5) is 0 Å². The zero-order valence-corrected chi connectivity index (χ0v) is 42.5. The molecule has 0 saturated heterocycles. The van der Waals surface area contributed by atoms with Crippen molar-refractivity contribution in [2.24, 2.45) is 0 Å². The molecule has 5 nitrogen and oxygen atoms in total. The van der Waals surface area contributed by atoms with Gasteiger partial charge in [-0.3, -0.25) is 9.59 Å². The maximum atomic E-state index is 12.8. The van der Waals surface area contributed by atoms with E-state index in [0.717, 1.165) is 64.2 Å². The van der Waals surface area contributed by atoms with E-state index in [0.29, 0.717) is 25.9 Å². The van der Waals surface area contributed by atoms with E-state index >= 15 is 0 Å². The van der Waals surface area contributed by atoms with Crippen molar-refractivity contribution in [3.8, 4) is 0 Å². The van der Waals surface area contributed by atoms with Crippen molar-refractivity contribution in [1.82, 2.24) is 0 Å². The largest absolute Gasteiger partial charge is 0.462 e. The number of unbranched alkanes of at least 4 members (excludes halogenated alkanes) is 27. The summed E-state index contributed by atoms with van der Waals surface area (Å²) in [5, 5.41) is 0. The number of hydrogen-bond donors (Lipinski definition) is 0. The minimum atomic E-state index is -0.580. The van der Waals surface area contributed by atoms with Crippen LogP contribution in [0.1, 0.15) is 265 Å². The first kappa shape index (κ1) is 61.3. The van der Waals surface area contributed by atoms with Crippen LogP contribution in [0.3, 0.4) is 0 Å². The molecule has 0 saturated carbocycles. The van der Waals surface area contributed by atoms with Gasteiger partial charge in [-0.05, 0) is 96.3 Å². The maximum absolute atomic E-state index is 12.8. The number of carbonyl (C=O) groups is 2. The standard InChI is InChI=1S/C59H104O5/c1-4-7-10-13-16-19-22-25-27-28-29-30-31-33-36-39-42-45-48-51-54-62-55-57(64-59(61)53-50-47-44-41-38-34-24-21-18-15-12-9-6-3)56-63-58(60)52-49-46-43-40-37-35-32-26-23-20-17-14-11-8-5-2/h9,12,18,21,25-27,32,34,38,44,47,57H,4-8,10-11,13-17,19-20,22-24,28-31,33,35-37,39-43,45-46,48-56H2,1-3H3/b12-9-,21-18-,27-25-,32-26-,38-34-,47-44-. The predicted molar refractivity (Wildman–Crippen MR) is 279 cm³/mol. The highest BCUT2D eigenvalue weighted by molar-refractivity contribution is 5.70. The Labute approximate surface area is 397 Å². The van der Waals surface area contributed by atoms with Crippen molar-refractivity contribution in [2.45, 2.75) is 271 Å². The molecule has 0 aromatic heterocycles. The molecule has 370 valence electrons. The van der Waals surface area contributed by atoms with E-state index in [4.69, 9.17) is 14.2 Å². The highest BCUT2D eigenvalue weighted by Crippen LogP contribution is 2.14. The fourth-order valence-electron chi connectivity index (χ4n) is 7.63. The molecule has 0 aliphatic rings. The predicted octanol–water partition coefficient (Wildman–Crippen LogP) is 18.7. The molecule has 0 aliphatic heterocycles. The van der Waals surface area contributed by atoms with Crippen molar-refractivity contribution >= 4 is 11.9 Å². The molecule has 5 heteroatoms. The van der Waals surface area contributed by atoms with Crippen LogP contribution in [0.5, 0.6) is 0 Å². The molecule has 0 aromatic carbocycles. The molecule has 0 rings (SSSR count). The van der Waals surface area contributed by atoms with Gasteiger partial charge in [0.15, 0.2) is 6.10 Å². The van der Waals surface area contributed by atoms with Crippen LogP contribution >= 0.6 is 0 Å². The van der Waals surface area contributed by atoms with Crippen LogP contribution in [0.25, 0.3) is 0 Å². The Kier molecular flexibility index (Phi) is 52.4. The fourth-order valence-corrected chi connectivity index (χ4v) is 7.63. The monoisotopic (exact) mass is 893 g/mol. The third kappa shape index (κ3) is 52.0. The van der Waals surface area contributed by atoms with Crippen LogP contribution in [-0.4, -0.2) is 37.9 Å². The average Bonchev–Trinajstić information content (AvgIpc) is 3.30. The van der Waals surface area contributed by atoms with Crippen LogP contribution in [0, 0.1) is 0 Å². The van der Waals surface area contributed by atoms with Gasteiger partial charge in [-0.2, -0.15) is 0 Å². The van der Waals surface area contributed by atoms with Crippen molar-refractivity contribution in [1.29, 1.82) is 0 Å². The van der Waals surface area contributed by atoms with Crippen LogP contribution in [0.2, 0.25) is 0 Å². The van der Waals surface area contributed by atoms with Crippen molar-refractivity contribution < 1.29 is 23.8 Å². The van der Waals surface area contributed by atoms with E-state index in [1.807, 2.05) is 6.08 Å². The molecule has 0 heterocycles. The second-order valence-electron chi connectivity index (χ2n) is 18.1. The summed E-state index contributed by atoms with van der Waals surface area (Å²) < 4.78 is 17.4. The lowest BCUT2D eigenvalue weighted by atomic mass is 10.1. The zero-order valence-electron chi connectivity index (χ0n) is 42.5. The van der Waals surface area contributed by atoms with E-state index < -0.39 is 6.10 Å². The number of carbonyl (C=O) groups excluding carboxylic acids is 2. The third-order valence-electron chi connectivity index (χ3n) is 11.7. The lowest BCUT2D eigenvalue weighted by molar-refractivity contribution is -0.162. The van der Waals surface area contributed by atoms with Crippen molar-refractivity contribution in [3.05, 3.63) is 72.9 Å². The van der Waals surface area contributed by atoms with Crippen LogP contribution in [-0.2, 0) is 23.8 Å². The Morgan fingerprint density at radius 3 is 1.19 bits per heavy atom. The molecule has 0 bridgehead atoms. The van der Waals surface area contributed by atoms with Crippen LogP contribution in [0.15, 0.2) is 72.9 Å². The Morgan fingerprint density at radius 2 is 0.734 bits per heavy atom. The SMILES string of the molecule is CC/C=C\C/C=C\C/C=C\C/C=C\CCC(=O)OC(COCCCCCCCCCCCC/C=C\CCCCCCCC)COC(=O)CCCCCCC/C=C\CCCCCCCC. The molecule has 0 radical (unpaired) electrons. The van der Waals surface area contributed by atoms with Crippen LogP contribution < -0.4 is 0 Å². The molecule has 0 spiro atoms. The first-order chi connectivity index (χ1) is 31.6. The summed E-state index contributed by atoms with van der Waals surface area (Å²) in [7, 11) is 0. The van der Waals surface area contributed by atoms with E-state index in [1.54, 1.807) is 0 Å². The molecule has 0 amide bonds. The zero-order chi connectivity index (χ0) is 46.3. The number of hydrogen-bond acceptors (Lipinski definition) is 5. The van der Waals surface area contributed by atoms with Crippen molar-refractivity contribution in [2.75, 3.05) is 19.8 Å². The van der Waals surface area contributed by atoms with Gasteiger partial charge in [0, 0.05) is 19.4 Å². The first-order valence-electron chi connectivity index (χ1n) is 27.5. The molecule has 0 N–H and O–H groups in total. The van der Waals surface area contributed by atoms with E-state index in [9.17, 15) is 9.59 Å². The average molecular weight is 893 g/mol. The van der Waals surface area contributed by atoms with E-state index in [2.05, 4.69) is 87.6 Å². The molecular formula is C59H104O5. The second kappa shape index (κ2) is 54.7. The van der Waals surface area contributed by atoms with E-state index in [1.165, 1.54) is 161 Å². The highest BCUT2D eigenvalue weighted by Gasteiger charge is 2.17.